The molecule has 0 aromatic carbocycles. The van der Waals surface area contributed by atoms with Gasteiger partial charge in [-0.25, -0.2) is 4.79 Å². The molecule has 20 heavy (non-hydrogen) atoms. The molecule has 0 saturated carbocycles. The van der Waals surface area contributed by atoms with Crippen molar-refractivity contribution < 1.29 is 15.1 Å². The lowest BCUT2D eigenvalue weighted by molar-refractivity contribution is 0.0696. The van der Waals surface area contributed by atoms with Gasteiger partial charge < -0.3 is 14.9 Å². The fourth-order valence-corrected chi connectivity index (χ4v) is 3.57. The summed E-state index contributed by atoms with van der Waals surface area (Å²) >= 11 is 1.46. The van der Waals surface area contributed by atoms with Crippen molar-refractivity contribution in [3.05, 3.63) is 39.0 Å². The number of thiophene rings is 1. The minimum absolute atomic E-state index is 0.335. The molecule has 6 heteroatoms. The third-order valence-corrected chi connectivity index (χ3v) is 4.64. The quantitative estimate of drug-likeness (QED) is 0.518. The van der Waals surface area contributed by atoms with E-state index in [0.717, 1.165) is 27.4 Å². The Labute approximate surface area is 120 Å². The molecule has 0 atom stereocenters. The van der Waals surface area contributed by atoms with E-state index in [4.69, 9.17) is 5.21 Å². The molecule has 0 radical (unpaired) electrons. The summed E-state index contributed by atoms with van der Waals surface area (Å²) in [6.07, 6.45) is 1.35. The van der Waals surface area contributed by atoms with Crippen molar-refractivity contribution in [1.82, 2.24) is 4.57 Å². The number of oxime groups is 1. The van der Waals surface area contributed by atoms with Crippen LogP contribution >= 0.6 is 11.3 Å². The number of aromatic carboxylic acids is 1. The van der Waals surface area contributed by atoms with Crippen LogP contribution in [0.1, 0.15) is 37.7 Å². The van der Waals surface area contributed by atoms with Crippen LogP contribution in [0.15, 0.2) is 11.2 Å². The summed E-state index contributed by atoms with van der Waals surface area (Å²) in [5, 5.41) is 21.9. The Morgan fingerprint density at radius 3 is 2.55 bits per heavy atom. The number of carboxylic acids is 1. The first-order valence-corrected chi connectivity index (χ1v) is 6.90. The maximum atomic E-state index is 11.5. The Kier molecular flexibility index (Phi) is 3.67. The van der Waals surface area contributed by atoms with Gasteiger partial charge in [0.2, 0.25) is 0 Å². The predicted octanol–water partition coefficient (Wildman–Crippen LogP) is 3.28. The van der Waals surface area contributed by atoms with Crippen molar-refractivity contribution in [3.8, 4) is 5.00 Å². The summed E-state index contributed by atoms with van der Waals surface area (Å²) in [6, 6.07) is 1.87. The largest absolute Gasteiger partial charge is 0.478 e. The van der Waals surface area contributed by atoms with Crippen LogP contribution < -0.4 is 0 Å². The van der Waals surface area contributed by atoms with Gasteiger partial charge in [0.25, 0.3) is 0 Å². The molecule has 0 saturated heterocycles. The van der Waals surface area contributed by atoms with E-state index in [1.807, 2.05) is 38.3 Å². The Balaban J connectivity index is 2.75. The molecule has 2 aromatic heterocycles. The number of nitrogens with zero attached hydrogens (tertiary/aromatic N) is 2. The minimum Gasteiger partial charge on any atom is -0.478 e. The van der Waals surface area contributed by atoms with Crippen molar-refractivity contribution >= 4 is 23.5 Å². The molecule has 0 aliphatic carbocycles. The van der Waals surface area contributed by atoms with E-state index in [1.165, 1.54) is 17.6 Å². The molecule has 106 valence electrons. The predicted molar refractivity (Wildman–Crippen MR) is 78.9 cm³/mol. The number of rotatable bonds is 3. The Morgan fingerprint density at radius 2 is 2.00 bits per heavy atom. The summed E-state index contributed by atoms with van der Waals surface area (Å²) in [5.74, 6) is -0.924. The van der Waals surface area contributed by atoms with Gasteiger partial charge in [0.15, 0.2) is 0 Å². The van der Waals surface area contributed by atoms with E-state index in [9.17, 15) is 9.90 Å². The molecular formula is C14H16N2O3S. The van der Waals surface area contributed by atoms with Crippen LogP contribution in [-0.4, -0.2) is 27.1 Å². The second kappa shape index (κ2) is 5.13. The van der Waals surface area contributed by atoms with Crippen LogP contribution in [0.3, 0.4) is 0 Å². The van der Waals surface area contributed by atoms with Crippen LogP contribution in [0.2, 0.25) is 0 Å². The Morgan fingerprint density at radius 1 is 1.35 bits per heavy atom. The Hall–Kier alpha value is -2.08. The molecule has 0 bridgehead atoms. The number of carboxylic acid groups (broad SMARTS) is 1. The first-order valence-electron chi connectivity index (χ1n) is 6.08. The van der Waals surface area contributed by atoms with Crippen LogP contribution in [0, 0.1) is 27.7 Å². The van der Waals surface area contributed by atoms with Crippen molar-refractivity contribution in [1.29, 1.82) is 0 Å². The van der Waals surface area contributed by atoms with Crippen LogP contribution in [0.4, 0.5) is 0 Å². The average molecular weight is 292 g/mol. The second-order valence-electron chi connectivity index (χ2n) is 4.68. The molecule has 2 rings (SSSR count). The minimum atomic E-state index is -0.924. The molecule has 2 aromatic rings. The molecule has 5 nitrogen and oxygen atoms in total. The normalized spacial score (nSPS) is 11.4. The highest BCUT2D eigenvalue weighted by molar-refractivity contribution is 7.15. The average Bonchev–Trinajstić information content (AvgIpc) is 2.79. The summed E-state index contributed by atoms with van der Waals surface area (Å²) in [6.45, 7) is 7.51. The first-order chi connectivity index (χ1) is 9.38. The highest BCUT2D eigenvalue weighted by atomic mass is 32.1. The fourth-order valence-electron chi connectivity index (χ4n) is 2.31. The fraction of sp³-hybridized carbons (Fsp3) is 0.286. The zero-order chi connectivity index (χ0) is 15.0. The van der Waals surface area contributed by atoms with Crippen LogP contribution in [0.5, 0.6) is 0 Å². The zero-order valence-electron chi connectivity index (χ0n) is 11.8. The van der Waals surface area contributed by atoms with Gasteiger partial charge >= 0.3 is 5.97 Å². The highest BCUT2D eigenvalue weighted by Gasteiger charge is 2.22. The van der Waals surface area contributed by atoms with Gasteiger partial charge in [-0.2, -0.15) is 0 Å². The molecule has 0 unspecified atom stereocenters. The molecule has 2 heterocycles. The van der Waals surface area contributed by atoms with Gasteiger partial charge in [0.05, 0.1) is 11.8 Å². The third kappa shape index (κ3) is 2.12. The van der Waals surface area contributed by atoms with Crippen LogP contribution in [0.25, 0.3) is 5.00 Å². The number of hydrogen-bond acceptors (Lipinski definition) is 4. The van der Waals surface area contributed by atoms with Gasteiger partial charge in [-0.3, -0.25) is 0 Å². The van der Waals surface area contributed by atoms with Crippen molar-refractivity contribution in [3.63, 3.8) is 0 Å². The molecule has 0 amide bonds. The van der Waals surface area contributed by atoms with Gasteiger partial charge in [0.1, 0.15) is 5.00 Å². The lowest BCUT2D eigenvalue weighted by Crippen LogP contribution is -2.06. The summed E-state index contributed by atoms with van der Waals surface area (Å²) < 4.78 is 1.89. The van der Waals surface area contributed by atoms with E-state index >= 15 is 0 Å². The van der Waals surface area contributed by atoms with Gasteiger partial charge in [-0.05, 0) is 39.3 Å². The lowest BCUT2D eigenvalue weighted by Gasteiger charge is -2.08. The van der Waals surface area contributed by atoms with Gasteiger partial charge in [-0.1, -0.05) is 5.16 Å². The van der Waals surface area contributed by atoms with Crippen molar-refractivity contribution in [2.45, 2.75) is 27.7 Å². The van der Waals surface area contributed by atoms with E-state index in [-0.39, 0.29) is 0 Å². The highest BCUT2D eigenvalue weighted by Crippen LogP contribution is 2.33. The maximum Gasteiger partial charge on any atom is 0.339 e. The molecule has 2 N–H and O–H groups in total. The van der Waals surface area contributed by atoms with Crippen LogP contribution in [-0.2, 0) is 0 Å². The maximum absolute atomic E-state index is 11.5. The number of aryl methyl sites for hydroxylation is 2. The smallest absolute Gasteiger partial charge is 0.339 e. The molecule has 0 fully saturated rings. The van der Waals surface area contributed by atoms with E-state index in [1.54, 1.807) is 0 Å². The molecule has 0 spiro atoms. The Bertz CT molecular complexity index is 711. The molecular weight excluding hydrogens is 276 g/mol. The third-order valence-electron chi connectivity index (χ3n) is 3.45. The lowest BCUT2D eigenvalue weighted by atomic mass is 10.1. The van der Waals surface area contributed by atoms with E-state index < -0.39 is 5.97 Å². The number of hydrogen-bond donors (Lipinski definition) is 2. The summed E-state index contributed by atoms with van der Waals surface area (Å²) in [7, 11) is 0. The van der Waals surface area contributed by atoms with Gasteiger partial charge in [0, 0.05) is 21.8 Å². The van der Waals surface area contributed by atoms with E-state index in [2.05, 4.69) is 5.16 Å². The van der Waals surface area contributed by atoms with Crippen molar-refractivity contribution in [2.75, 3.05) is 0 Å². The summed E-state index contributed by atoms with van der Waals surface area (Å²) in [5.41, 5.74) is 3.65. The van der Waals surface area contributed by atoms with Gasteiger partial charge in [-0.15, -0.1) is 11.3 Å². The van der Waals surface area contributed by atoms with E-state index in [0.29, 0.717) is 10.6 Å². The standard InChI is InChI=1S/C14H16N2O3S/c1-7-5-11(6-15-19)9(3)16(7)13-12(14(17)18)8(2)10(4)20-13/h5-6,19H,1-4H3,(H,17,18)/b15-6+. The summed E-state index contributed by atoms with van der Waals surface area (Å²) in [4.78, 5) is 12.5. The zero-order valence-corrected chi connectivity index (χ0v) is 12.6. The van der Waals surface area contributed by atoms with Crippen molar-refractivity contribution in [2.24, 2.45) is 5.16 Å². The molecule has 0 aliphatic heterocycles. The number of carbonyl (C=O) groups is 1. The first kappa shape index (κ1) is 14.3. The second-order valence-corrected chi connectivity index (χ2v) is 5.88. The topological polar surface area (TPSA) is 74.8 Å². The molecule has 0 aliphatic rings. The monoisotopic (exact) mass is 292 g/mol. The SMILES string of the molecule is Cc1sc(-n2c(C)cc(/C=N/O)c2C)c(C(=O)O)c1C. The number of aromatic nitrogens is 1.